The standard InChI is InChI=1S/C17H18F3N7S/c1-10-22-17(28-25-10)26-4-2-12(3-5-26)23-16-21-9-27(24-16)8-11-6-13(18)15(20)14(19)7-11/h6-7,9,12H,2-5,8H2,1H3,(H,23,24). The van der Waals surface area contributed by atoms with Crippen LogP contribution < -0.4 is 10.2 Å². The Balaban J connectivity index is 1.33. The van der Waals surface area contributed by atoms with E-state index in [0.717, 1.165) is 49.0 Å². The fraction of sp³-hybridized carbons (Fsp3) is 0.412. The molecule has 3 heterocycles. The Bertz CT molecular complexity index is 942. The van der Waals surface area contributed by atoms with Crippen molar-refractivity contribution in [3.05, 3.63) is 47.3 Å². The van der Waals surface area contributed by atoms with Crippen LogP contribution in [0.4, 0.5) is 24.3 Å². The van der Waals surface area contributed by atoms with E-state index >= 15 is 0 Å². The first-order valence-corrected chi connectivity index (χ1v) is 9.60. The van der Waals surface area contributed by atoms with Crippen LogP contribution in [0.3, 0.4) is 0 Å². The van der Waals surface area contributed by atoms with Crippen LogP contribution >= 0.6 is 11.5 Å². The molecule has 2 aromatic heterocycles. The zero-order valence-electron chi connectivity index (χ0n) is 15.1. The minimum Gasteiger partial charge on any atom is -0.350 e. The number of halogens is 3. The van der Waals surface area contributed by atoms with Crippen molar-refractivity contribution in [2.45, 2.75) is 32.4 Å². The van der Waals surface area contributed by atoms with Crippen molar-refractivity contribution < 1.29 is 13.2 Å². The van der Waals surface area contributed by atoms with E-state index in [1.807, 2.05) is 6.92 Å². The first-order valence-electron chi connectivity index (χ1n) is 8.82. The summed E-state index contributed by atoms with van der Waals surface area (Å²) >= 11 is 1.41. The second-order valence-corrected chi connectivity index (χ2v) is 7.40. The Morgan fingerprint density at radius 2 is 1.89 bits per heavy atom. The van der Waals surface area contributed by atoms with Crippen LogP contribution in [0.2, 0.25) is 0 Å². The van der Waals surface area contributed by atoms with Crippen LogP contribution in [-0.4, -0.2) is 43.3 Å². The van der Waals surface area contributed by atoms with E-state index in [0.29, 0.717) is 5.95 Å². The summed E-state index contributed by atoms with van der Waals surface area (Å²) in [6, 6.07) is 2.14. The quantitative estimate of drug-likeness (QED) is 0.654. The number of rotatable bonds is 5. The van der Waals surface area contributed by atoms with Crippen molar-refractivity contribution in [3.8, 4) is 0 Å². The normalized spacial score (nSPS) is 15.2. The summed E-state index contributed by atoms with van der Waals surface area (Å²) in [5.41, 5.74) is 0.272. The van der Waals surface area contributed by atoms with Gasteiger partial charge in [0.25, 0.3) is 0 Å². The van der Waals surface area contributed by atoms with Gasteiger partial charge in [0.05, 0.1) is 6.54 Å². The summed E-state index contributed by atoms with van der Waals surface area (Å²) in [6.45, 7) is 3.70. The van der Waals surface area contributed by atoms with Crippen molar-refractivity contribution in [3.63, 3.8) is 0 Å². The lowest BCUT2D eigenvalue weighted by Crippen LogP contribution is -2.39. The number of nitrogens with one attached hydrogen (secondary N) is 1. The third kappa shape index (κ3) is 4.08. The van der Waals surface area contributed by atoms with Crippen molar-refractivity contribution in [1.82, 2.24) is 24.1 Å². The molecule has 28 heavy (non-hydrogen) atoms. The van der Waals surface area contributed by atoms with E-state index in [4.69, 9.17) is 0 Å². The number of hydrogen-bond acceptors (Lipinski definition) is 7. The maximum atomic E-state index is 13.3. The van der Waals surface area contributed by atoms with Gasteiger partial charge < -0.3 is 10.2 Å². The highest BCUT2D eigenvalue weighted by Crippen LogP contribution is 2.23. The van der Waals surface area contributed by atoms with Gasteiger partial charge in [-0.25, -0.2) is 27.8 Å². The molecule has 0 atom stereocenters. The molecule has 0 unspecified atom stereocenters. The predicted octanol–water partition coefficient (Wildman–Crippen LogP) is 2.98. The van der Waals surface area contributed by atoms with Crippen LogP contribution in [0.15, 0.2) is 18.5 Å². The highest BCUT2D eigenvalue weighted by molar-refractivity contribution is 7.09. The largest absolute Gasteiger partial charge is 0.350 e. The predicted molar refractivity (Wildman–Crippen MR) is 98.9 cm³/mol. The maximum absolute atomic E-state index is 13.3. The Morgan fingerprint density at radius 3 is 2.54 bits per heavy atom. The highest BCUT2D eigenvalue weighted by Gasteiger charge is 2.22. The van der Waals surface area contributed by atoms with E-state index in [1.165, 1.54) is 22.5 Å². The Kier molecular flexibility index (Phi) is 5.16. The fourth-order valence-electron chi connectivity index (χ4n) is 3.14. The molecule has 4 rings (SSSR count). The topological polar surface area (TPSA) is 71.8 Å². The van der Waals surface area contributed by atoms with E-state index in [2.05, 4.69) is 29.7 Å². The van der Waals surface area contributed by atoms with Gasteiger partial charge in [0.2, 0.25) is 11.1 Å². The average molecular weight is 409 g/mol. The maximum Gasteiger partial charge on any atom is 0.242 e. The number of hydrogen-bond donors (Lipinski definition) is 1. The molecule has 7 nitrogen and oxygen atoms in total. The first-order chi connectivity index (χ1) is 13.5. The summed E-state index contributed by atoms with van der Waals surface area (Å²) in [5, 5.41) is 8.51. The number of anilines is 2. The van der Waals surface area contributed by atoms with Crippen LogP contribution in [0, 0.1) is 24.4 Å². The minimum atomic E-state index is -1.47. The van der Waals surface area contributed by atoms with Gasteiger partial charge >= 0.3 is 0 Å². The molecule has 1 saturated heterocycles. The lowest BCUT2D eigenvalue weighted by atomic mass is 10.1. The molecule has 1 aliphatic rings. The Morgan fingerprint density at radius 1 is 1.18 bits per heavy atom. The number of aryl methyl sites for hydroxylation is 1. The van der Waals surface area contributed by atoms with Gasteiger partial charge in [-0.05, 0) is 37.5 Å². The smallest absolute Gasteiger partial charge is 0.242 e. The van der Waals surface area contributed by atoms with E-state index in [1.54, 1.807) is 0 Å². The highest BCUT2D eigenvalue weighted by atomic mass is 32.1. The summed E-state index contributed by atoms with van der Waals surface area (Å²) in [6.07, 6.45) is 3.28. The second kappa shape index (κ2) is 7.74. The van der Waals surface area contributed by atoms with E-state index in [-0.39, 0.29) is 18.2 Å². The minimum absolute atomic E-state index is 0.0949. The lowest BCUT2D eigenvalue weighted by Gasteiger charge is -2.31. The summed E-state index contributed by atoms with van der Waals surface area (Å²) in [4.78, 5) is 10.8. The van der Waals surface area contributed by atoms with Crippen LogP contribution in [-0.2, 0) is 6.54 Å². The van der Waals surface area contributed by atoms with Gasteiger partial charge in [-0.1, -0.05) is 0 Å². The van der Waals surface area contributed by atoms with E-state index in [9.17, 15) is 13.2 Å². The molecule has 148 valence electrons. The Labute approximate surface area is 163 Å². The molecule has 0 amide bonds. The number of aromatic nitrogens is 5. The molecule has 1 N–H and O–H groups in total. The summed E-state index contributed by atoms with van der Waals surface area (Å²) in [5.74, 6) is -2.67. The molecule has 1 aromatic carbocycles. The SMILES string of the molecule is Cc1nsc(N2CCC(Nc3ncn(Cc4cc(F)c(F)c(F)c4)n3)CC2)n1. The van der Waals surface area contributed by atoms with Gasteiger partial charge in [-0.2, -0.15) is 4.37 Å². The van der Waals surface area contributed by atoms with Crippen LogP contribution in [0.5, 0.6) is 0 Å². The molecule has 0 aliphatic carbocycles. The van der Waals surface area contributed by atoms with E-state index < -0.39 is 17.5 Å². The second-order valence-electron chi connectivity index (χ2n) is 6.67. The molecule has 1 aliphatic heterocycles. The van der Waals surface area contributed by atoms with Crippen molar-refractivity contribution >= 4 is 22.6 Å². The fourth-order valence-corrected chi connectivity index (χ4v) is 3.86. The first kappa shape index (κ1) is 18.7. The summed E-state index contributed by atoms with van der Waals surface area (Å²) < 4.78 is 45.4. The third-order valence-electron chi connectivity index (χ3n) is 4.54. The van der Waals surface area contributed by atoms with Gasteiger partial charge in [0.15, 0.2) is 17.5 Å². The molecular formula is C17H18F3N7S. The molecule has 0 bridgehead atoms. The molecule has 0 spiro atoms. The molecule has 11 heteroatoms. The van der Waals surface area contributed by atoms with Gasteiger partial charge in [0, 0.05) is 30.7 Å². The van der Waals surface area contributed by atoms with Crippen molar-refractivity contribution in [2.75, 3.05) is 23.3 Å². The average Bonchev–Trinajstić information content (AvgIpc) is 3.29. The molecule has 3 aromatic rings. The molecule has 1 fully saturated rings. The van der Waals surface area contributed by atoms with Crippen molar-refractivity contribution in [2.24, 2.45) is 0 Å². The number of piperidine rings is 1. The number of benzene rings is 1. The third-order valence-corrected chi connectivity index (χ3v) is 5.41. The van der Waals surface area contributed by atoms with Crippen LogP contribution in [0.1, 0.15) is 24.2 Å². The zero-order valence-corrected chi connectivity index (χ0v) is 15.9. The Hall–Kier alpha value is -2.69. The monoisotopic (exact) mass is 409 g/mol. The molecule has 0 radical (unpaired) electrons. The van der Waals surface area contributed by atoms with Crippen LogP contribution in [0.25, 0.3) is 0 Å². The van der Waals surface area contributed by atoms with Gasteiger partial charge in [-0.15, -0.1) is 5.10 Å². The number of nitrogens with zero attached hydrogens (tertiary/aromatic N) is 6. The zero-order chi connectivity index (χ0) is 19.7. The van der Waals surface area contributed by atoms with Crippen molar-refractivity contribution in [1.29, 1.82) is 0 Å². The van der Waals surface area contributed by atoms with Gasteiger partial charge in [-0.3, -0.25) is 0 Å². The van der Waals surface area contributed by atoms with Gasteiger partial charge in [0.1, 0.15) is 12.2 Å². The molecular weight excluding hydrogens is 391 g/mol. The summed E-state index contributed by atoms with van der Waals surface area (Å²) in [7, 11) is 0. The molecule has 0 saturated carbocycles. The lowest BCUT2D eigenvalue weighted by molar-refractivity contribution is 0.444.